The predicted molar refractivity (Wildman–Crippen MR) is 102 cm³/mol. The second-order valence-electron chi connectivity index (χ2n) is 7.06. The van der Waals surface area contributed by atoms with Crippen LogP contribution in [0.1, 0.15) is 17.5 Å². The van der Waals surface area contributed by atoms with Gasteiger partial charge in [-0.1, -0.05) is 12.1 Å². The maximum atomic E-state index is 13.0. The van der Waals surface area contributed by atoms with Gasteiger partial charge in [-0.15, -0.1) is 0 Å². The molecule has 4 rings (SSSR count). The molecule has 5 nitrogen and oxygen atoms in total. The zero-order chi connectivity index (χ0) is 18.8. The minimum absolute atomic E-state index is 0.0727. The molecule has 2 aliphatic rings. The number of hydrogen-bond acceptors (Lipinski definition) is 3. The number of carbonyl (C=O) groups excluding carboxylic acids is 2. The molecule has 140 valence electrons. The minimum Gasteiger partial charge on any atom is -0.368 e. The maximum absolute atomic E-state index is 13.0. The fraction of sp³-hybridized carbons (Fsp3) is 0.333. The third-order valence-corrected chi connectivity index (χ3v) is 5.25. The van der Waals surface area contributed by atoms with Crippen molar-refractivity contribution >= 4 is 23.2 Å². The molecule has 2 amide bonds. The van der Waals surface area contributed by atoms with E-state index in [9.17, 15) is 14.0 Å². The molecule has 2 aliphatic heterocycles. The third-order valence-electron chi connectivity index (χ3n) is 5.25. The lowest BCUT2D eigenvalue weighted by atomic mass is 10.0. The first kappa shape index (κ1) is 17.5. The van der Waals surface area contributed by atoms with Crippen molar-refractivity contribution < 1.29 is 14.0 Å². The highest BCUT2D eigenvalue weighted by atomic mass is 19.1. The van der Waals surface area contributed by atoms with Gasteiger partial charge in [0.05, 0.1) is 6.42 Å². The number of anilines is 2. The van der Waals surface area contributed by atoms with Gasteiger partial charge < -0.3 is 15.1 Å². The van der Waals surface area contributed by atoms with Gasteiger partial charge >= 0.3 is 0 Å². The highest BCUT2D eigenvalue weighted by molar-refractivity contribution is 5.94. The molecule has 0 aliphatic carbocycles. The first-order valence-corrected chi connectivity index (χ1v) is 9.28. The lowest BCUT2D eigenvalue weighted by molar-refractivity contribution is -0.130. The normalized spacial score (nSPS) is 16.7. The van der Waals surface area contributed by atoms with Gasteiger partial charge in [0, 0.05) is 44.0 Å². The van der Waals surface area contributed by atoms with Gasteiger partial charge in [-0.05, 0) is 47.9 Å². The fourth-order valence-electron chi connectivity index (χ4n) is 3.67. The van der Waals surface area contributed by atoms with Crippen molar-refractivity contribution in [3.05, 3.63) is 59.4 Å². The summed E-state index contributed by atoms with van der Waals surface area (Å²) in [6.45, 7) is 2.91. The third kappa shape index (κ3) is 3.94. The summed E-state index contributed by atoms with van der Waals surface area (Å²) in [6.07, 6.45) is 1.60. The summed E-state index contributed by atoms with van der Waals surface area (Å²) >= 11 is 0. The summed E-state index contributed by atoms with van der Waals surface area (Å²) in [6, 6.07) is 12.2. The predicted octanol–water partition coefficient (Wildman–Crippen LogP) is 2.60. The van der Waals surface area contributed by atoms with E-state index in [2.05, 4.69) is 16.3 Å². The Bertz CT molecular complexity index is 858. The maximum Gasteiger partial charge on any atom is 0.227 e. The fourth-order valence-corrected chi connectivity index (χ4v) is 3.67. The molecular weight excluding hydrogens is 345 g/mol. The number of rotatable bonds is 3. The van der Waals surface area contributed by atoms with E-state index in [1.807, 2.05) is 17.0 Å². The van der Waals surface area contributed by atoms with Gasteiger partial charge in [-0.3, -0.25) is 9.59 Å². The molecule has 0 saturated carbocycles. The zero-order valence-corrected chi connectivity index (χ0v) is 15.1. The Morgan fingerprint density at radius 3 is 2.48 bits per heavy atom. The van der Waals surface area contributed by atoms with Crippen molar-refractivity contribution in [3.63, 3.8) is 0 Å². The number of piperazine rings is 1. The van der Waals surface area contributed by atoms with E-state index >= 15 is 0 Å². The smallest absolute Gasteiger partial charge is 0.227 e. The van der Waals surface area contributed by atoms with Crippen LogP contribution in [0.5, 0.6) is 0 Å². The highest BCUT2D eigenvalue weighted by Gasteiger charge is 2.23. The molecule has 0 spiro atoms. The van der Waals surface area contributed by atoms with Crippen LogP contribution in [0.3, 0.4) is 0 Å². The van der Waals surface area contributed by atoms with E-state index in [1.54, 1.807) is 12.1 Å². The SMILES string of the molecule is O=C1CCc2cc(N3CCN(C(=O)Cc4ccc(F)cc4)CC3)ccc2N1. The van der Waals surface area contributed by atoms with Gasteiger partial charge in [-0.2, -0.15) is 0 Å². The average Bonchev–Trinajstić information content (AvgIpc) is 2.69. The summed E-state index contributed by atoms with van der Waals surface area (Å²) < 4.78 is 13.0. The molecule has 0 bridgehead atoms. The van der Waals surface area contributed by atoms with Crippen LogP contribution in [-0.4, -0.2) is 42.9 Å². The average molecular weight is 367 g/mol. The first-order chi connectivity index (χ1) is 13.1. The molecule has 0 aromatic heterocycles. The van der Waals surface area contributed by atoms with Crippen molar-refractivity contribution in [3.8, 4) is 0 Å². The van der Waals surface area contributed by atoms with Gasteiger partial charge in [0.15, 0.2) is 0 Å². The van der Waals surface area contributed by atoms with Crippen LogP contribution in [0.4, 0.5) is 15.8 Å². The molecule has 0 atom stereocenters. The molecule has 2 heterocycles. The molecule has 0 radical (unpaired) electrons. The minimum atomic E-state index is -0.288. The van der Waals surface area contributed by atoms with E-state index in [-0.39, 0.29) is 17.6 Å². The summed E-state index contributed by atoms with van der Waals surface area (Å²) in [5, 5.41) is 2.90. The Kier molecular flexibility index (Phi) is 4.79. The molecule has 2 aromatic carbocycles. The number of benzene rings is 2. The van der Waals surface area contributed by atoms with Crippen LogP contribution in [-0.2, 0) is 22.4 Å². The van der Waals surface area contributed by atoms with Crippen LogP contribution in [0.2, 0.25) is 0 Å². The summed E-state index contributed by atoms with van der Waals surface area (Å²) in [4.78, 5) is 28.1. The molecule has 0 unspecified atom stereocenters. The highest BCUT2D eigenvalue weighted by Crippen LogP contribution is 2.28. The second-order valence-corrected chi connectivity index (χ2v) is 7.06. The number of nitrogens with zero attached hydrogens (tertiary/aromatic N) is 2. The first-order valence-electron chi connectivity index (χ1n) is 9.28. The monoisotopic (exact) mass is 367 g/mol. The van der Waals surface area contributed by atoms with Crippen LogP contribution >= 0.6 is 0 Å². The summed E-state index contributed by atoms with van der Waals surface area (Å²) in [5.74, 6) is -0.137. The lowest BCUT2D eigenvalue weighted by Gasteiger charge is -2.36. The molecular formula is C21H22FN3O2. The second kappa shape index (κ2) is 7.39. The van der Waals surface area contributed by atoms with Gasteiger partial charge in [0.2, 0.25) is 11.8 Å². The number of aryl methyl sites for hydroxylation is 1. The van der Waals surface area contributed by atoms with Gasteiger partial charge in [0.25, 0.3) is 0 Å². The number of halogens is 1. The van der Waals surface area contributed by atoms with Crippen molar-refractivity contribution in [1.82, 2.24) is 4.90 Å². The molecule has 1 fully saturated rings. The number of nitrogens with one attached hydrogen (secondary N) is 1. The summed E-state index contributed by atoms with van der Waals surface area (Å²) in [5.41, 5.74) is 4.04. The quantitative estimate of drug-likeness (QED) is 0.907. The number of fused-ring (bicyclic) bond motifs is 1. The lowest BCUT2D eigenvalue weighted by Crippen LogP contribution is -2.49. The molecule has 1 N–H and O–H groups in total. The number of amides is 2. The Balaban J connectivity index is 1.35. The Hall–Kier alpha value is -2.89. The molecule has 6 heteroatoms. The van der Waals surface area contributed by atoms with Crippen LogP contribution in [0.25, 0.3) is 0 Å². The van der Waals surface area contributed by atoms with E-state index in [4.69, 9.17) is 0 Å². The van der Waals surface area contributed by atoms with Crippen molar-refractivity contribution in [2.75, 3.05) is 36.4 Å². The van der Waals surface area contributed by atoms with E-state index < -0.39 is 0 Å². The van der Waals surface area contributed by atoms with E-state index in [1.165, 1.54) is 17.7 Å². The topological polar surface area (TPSA) is 52.7 Å². The molecule has 1 saturated heterocycles. The van der Waals surface area contributed by atoms with Gasteiger partial charge in [0.1, 0.15) is 5.82 Å². The zero-order valence-electron chi connectivity index (χ0n) is 15.1. The van der Waals surface area contributed by atoms with Crippen molar-refractivity contribution in [2.24, 2.45) is 0 Å². The van der Waals surface area contributed by atoms with E-state index in [0.29, 0.717) is 25.9 Å². The molecule has 27 heavy (non-hydrogen) atoms. The van der Waals surface area contributed by atoms with Crippen molar-refractivity contribution in [1.29, 1.82) is 0 Å². The number of hydrogen-bond donors (Lipinski definition) is 1. The Labute approximate surface area is 157 Å². The Morgan fingerprint density at radius 1 is 1.00 bits per heavy atom. The van der Waals surface area contributed by atoms with Crippen LogP contribution in [0, 0.1) is 5.82 Å². The van der Waals surface area contributed by atoms with Crippen LogP contribution in [0.15, 0.2) is 42.5 Å². The largest absolute Gasteiger partial charge is 0.368 e. The molecule has 2 aromatic rings. The van der Waals surface area contributed by atoms with Gasteiger partial charge in [-0.25, -0.2) is 4.39 Å². The van der Waals surface area contributed by atoms with E-state index in [0.717, 1.165) is 36.4 Å². The number of carbonyl (C=O) groups is 2. The summed E-state index contributed by atoms with van der Waals surface area (Å²) in [7, 11) is 0. The Morgan fingerprint density at radius 2 is 1.74 bits per heavy atom. The van der Waals surface area contributed by atoms with Crippen LogP contribution < -0.4 is 10.2 Å². The standard InChI is InChI=1S/C21H22FN3O2/c22-17-4-1-15(2-5-17)13-21(27)25-11-9-24(10-12-25)18-6-7-19-16(14-18)3-8-20(26)23-19/h1-2,4-7,14H,3,8-13H2,(H,23,26). The van der Waals surface area contributed by atoms with Crippen molar-refractivity contribution in [2.45, 2.75) is 19.3 Å².